The molecule has 1 amide bonds. The van der Waals surface area contributed by atoms with Crippen molar-refractivity contribution in [3.05, 3.63) is 52.2 Å². The van der Waals surface area contributed by atoms with E-state index in [1.165, 1.54) is 12.1 Å². The van der Waals surface area contributed by atoms with E-state index in [4.69, 9.17) is 11.6 Å². The lowest BCUT2D eigenvalue weighted by Crippen LogP contribution is -2.47. The van der Waals surface area contributed by atoms with Crippen molar-refractivity contribution in [3.63, 3.8) is 0 Å². The fraction of sp³-hybridized carbons (Fsp3) is 0.316. The van der Waals surface area contributed by atoms with Gasteiger partial charge in [0.25, 0.3) is 5.91 Å². The van der Waals surface area contributed by atoms with Gasteiger partial charge in [-0.05, 0) is 37.3 Å². The summed E-state index contributed by atoms with van der Waals surface area (Å²) in [5.74, 6) is -0.571. The number of amides is 1. The zero-order valence-electron chi connectivity index (χ0n) is 14.4. The standard InChI is InChI=1S/C19H18ClFN4O/c1-22-10-15-17(23-2)16(11-3-6-13(20)14(21)9-11)18-19(26)24(12-4-5-12)7-8-25(15)18/h3,6,9-10,12H,1,4-5,7-8H2,2H3. The van der Waals surface area contributed by atoms with Crippen molar-refractivity contribution >= 4 is 35.5 Å². The summed E-state index contributed by atoms with van der Waals surface area (Å²) in [7, 11) is 1.65. The maximum Gasteiger partial charge on any atom is 0.271 e. The van der Waals surface area contributed by atoms with E-state index in [1.807, 2.05) is 9.80 Å². The number of carbonyl (C=O) groups excluding carboxylic acids is 1. The maximum absolute atomic E-state index is 14.1. The molecule has 3 aliphatic rings. The quantitative estimate of drug-likeness (QED) is 0.765. The van der Waals surface area contributed by atoms with Crippen LogP contribution < -0.4 is 0 Å². The second kappa shape index (κ2) is 6.36. The van der Waals surface area contributed by atoms with E-state index in [1.54, 1.807) is 19.3 Å². The third-order valence-corrected chi connectivity index (χ3v) is 5.24. The second-order valence-electron chi connectivity index (χ2n) is 6.50. The monoisotopic (exact) mass is 372 g/mol. The summed E-state index contributed by atoms with van der Waals surface area (Å²) in [5.41, 5.74) is 3.05. The van der Waals surface area contributed by atoms with Crippen molar-refractivity contribution in [1.29, 1.82) is 0 Å². The van der Waals surface area contributed by atoms with Crippen LogP contribution in [-0.4, -0.2) is 54.3 Å². The molecule has 1 aromatic rings. The Morgan fingerprint density at radius 1 is 1.35 bits per heavy atom. The minimum absolute atomic E-state index is 0.0438. The number of fused-ring (bicyclic) bond motifs is 1. The van der Waals surface area contributed by atoms with Crippen LogP contribution in [0.5, 0.6) is 0 Å². The molecule has 134 valence electrons. The topological polar surface area (TPSA) is 48.3 Å². The Morgan fingerprint density at radius 3 is 2.73 bits per heavy atom. The lowest BCUT2D eigenvalue weighted by molar-refractivity contribution is -0.131. The average molecular weight is 373 g/mol. The summed E-state index contributed by atoms with van der Waals surface area (Å²) < 4.78 is 14.1. The fourth-order valence-corrected chi connectivity index (χ4v) is 3.74. The first-order chi connectivity index (χ1) is 12.6. The Hall–Kier alpha value is -2.47. The largest absolute Gasteiger partial charge is 0.333 e. The Bertz CT molecular complexity index is 901. The molecule has 0 unspecified atom stereocenters. The Labute approximate surface area is 156 Å². The van der Waals surface area contributed by atoms with Gasteiger partial charge in [-0.2, -0.15) is 0 Å². The predicted molar refractivity (Wildman–Crippen MR) is 101 cm³/mol. The van der Waals surface area contributed by atoms with E-state index >= 15 is 0 Å². The first kappa shape index (κ1) is 17.0. The van der Waals surface area contributed by atoms with Gasteiger partial charge in [0.2, 0.25) is 0 Å². The highest BCUT2D eigenvalue weighted by atomic mass is 35.5. The molecular formula is C19H18ClFN4O. The lowest BCUT2D eigenvalue weighted by atomic mass is 9.99. The van der Waals surface area contributed by atoms with E-state index in [-0.39, 0.29) is 10.9 Å². The number of aliphatic imine (C=N–C) groups is 2. The highest BCUT2D eigenvalue weighted by molar-refractivity contribution is 6.38. The predicted octanol–water partition coefficient (Wildman–Crippen LogP) is 3.12. The van der Waals surface area contributed by atoms with Gasteiger partial charge in [-0.25, -0.2) is 4.39 Å². The molecule has 2 fully saturated rings. The zero-order valence-corrected chi connectivity index (χ0v) is 15.1. The van der Waals surface area contributed by atoms with E-state index in [2.05, 4.69) is 16.7 Å². The molecule has 26 heavy (non-hydrogen) atoms. The van der Waals surface area contributed by atoms with E-state index < -0.39 is 5.82 Å². The number of nitrogens with zero attached hydrogens (tertiary/aromatic N) is 4. The summed E-state index contributed by atoms with van der Waals surface area (Å²) in [6.07, 6.45) is 3.67. The molecule has 4 rings (SSSR count). The van der Waals surface area contributed by atoms with Crippen LogP contribution in [0.3, 0.4) is 0 Å². The molecule has 2 heterocycles. The minimum atomic E-state index is -0.527. The van der Waals surface area contributed by atoms with Gasteiger partial charge >= 0.3 is 0 Å². The van der Waals surface area contributed by atoms with Crippen LogP contribution in [0.25, 0.3) is 5.57 Å². The number of hydrogen-bond donors (Lipinski definition) is 0. The second-order valence-corrected chi connectivity index (χ2v) is 6.91. The summed E-state index contributed by atoms with van der Waals surface area (Å²) in [6.45, 7) is 4.83. The molecule has 0 spiro atoms. The molecule has 0 aromatic heterocycles. The third kappa shape index (κ3) is 2.56. The van der Waals surface area contributed by atoms with Crippen molar-refractivity contribution in [2.75, 3.05) is 20.1 Å². The number of benzene rings is 1. The van der Waals surface area contributed by atoms with Gasteiger partial charge < -0.3 is 9.80 Å². The van der Waals surface area contributed by atoms with Crippen LogP contribution in [0.1, 0.15) is 18.4 Å². The van der Waals surface area contributed by atoms with Crippen molar-refractivity contribution in [1.82, 2.24) is 9.80 Å². The van der Waals surface area contributed by atoms with Crippen LogP contribution in [0, 0.1) is 5.82 Å². The van der Waals surface area contributed by atoms with E-state index in [0.717, 1.165) is 12.8 Å². The van der Waals surface area contributed by atoms with Gasteiger partial charge in [0.05, 0.1) is 22.6 Å². The smallest absolute Gasteiger partial charge is 0.271 e. The normalized spacial score (nSPS) is 23.3. The summed E-state index contributed by atoms with van der Waals surface area (Å²) in [4.78, 5) is 25.3. The highest BCUT2D eigenvalue weighted by Crippen LogP contribution is 2.41. The molecule has 2 aliphatic heterocycles. The first-order valence-corrected chi connectivity index (χ1v) is 8.86. The Balaban J connectivity index is 1.92. The molecule has 1 saturated carbocycles. The van der Waals surface area contributed by atoms with Gasteiger partial charge in [-0.1, -0.05) is 17.7 Å². The van der Waals surface area contributed by atoms with Crippen LogP contribution in [0.4, 0.5) is 4.39 Å². The van der Waals surface area contributed by atoms with Crippen LogP contribution in [0.2, 0.25) is 5.02 Å². The van der Waals surface area contributed by atoms with Crippen LogP contribution in [0.15, 0.2) is 45.8 Å². The molecular weight excluding hydrogens is 355 g/mol. The third-order valence-electron chi connectivity index (χ3n) is 4.94. The Morgan fingerprint density at radius 2 is 2.12 bits per heavy atom. The van der Waals surface area contributed by atoms with Crippen molar-refractivity contribution in [2.24, 2.45) is 9.98 Å². The van der Waals surface area contributed by atoms with Crippen molar-refractivity contribution < 1.29 is 9.18 Å². The summed E-state index contributed by atoms with van der Waals surface area (Å²) in [6, 6.07) is 4.87. The number of halogens is 2. The van der Waals surface area contributed by atoms with Gasteiger partial charge in [0, 0.05) is 31.8 Å². The highest BCUT2D eigenvalue weighted by Gasteiger charge is 2.45. The van der Waals surface area contributed by atoms with Gasteiger partial charge in [0.15, 0.2) is 0 Å². The summed E-state index contributed by atoms with van der Waals surface area (Å²) in [5, 5.41) is 0.0438. The molecule has 1 aromatic carbocycles. The molecule has 0 radical (unpaired) electrons. The minimum Gasteiger partial charge on any atom is -0.333 e. The van der Waals surface area contributed by atoms with Crippen LogP contribution >= 0.6 is 11.6 Å². The fourth-order valence-electron chi connectivity index (χ4n) is 3.63. The Kier molecular flexibility index (Phi) is 4.15. The average Bonchev–Trinajstić information content (AvgIpc) is 3.41. The van der Waals surface area contributed by atoms with Crippen molar-refractivity contribution in [3.8, 4) is 0 Å². The molecule has 1 saturated heterocycles. The molecule has 7 heteroatoms. The number of piperazine rings is 1. The van der Waals surface area contributed by atoms with Gasteiger partial charge in [0.1, 0.15) is 11.5 Å². The zero-order chi connectivity index (χ0) is 18.4. The molecule has 0 atom stereocenters. The maximum atomic E-state index is 14.1. The molecule has 1 aliphatic carbocycles. The SMILES string of the molecule is C=NC=C1C(=NC)C(c2ccc(Cl)c(F)c2)=C2C(=O)N(C3CC3)CCN12. The molecule has 5 nitrogen and oxygen atoms in total. The number of rotatable bonds is 3. The first-order valence-electron chi connectivity index (χ1n) is 8.48. The van der Waals surface area contributed by atoms with Gasteiger partial charge in [-0.15, -0.1) is 0 Å². The number of allylic oxidation sites excluding steroid dienone is 1. The molecule has 0 N–H and O–H groups in total. The molecule has 0 bridgehead atoms. The number of hydrogen-bond acceptors (Lipinski definition) is 4. The number of carbonyl (C=O) groups is 1. The summed E-state index contributed by atoms with van der Waals surface area (Å²) >= 11 is 5.83. The van der Waals surface area contributed by atoms with E-state index in [9.17, 15) is 9.18 Å². The van der Waals surface area contributed by atoms with Gasteiger partial charge in [-0.3, -0.25) is 14.8 Å². The lowest BCUT2D eigenvalue weighted by Gasteiger charge is -2.35. The van der Waals surface area contributed by atoms with E-state index in [0.29, 0.717) is 47.4 Å². The van der Waals surface area contributed by atoms with Crippen LogP contribution in [-0.2, 0) is 4.79 Å². The van der Waals surface area contributed by atoms with Crippen molar-refractivity contribution in [2.45, 2.75) is 18.9 Å².